The van der Waals surface area contributed by atoms with E-state index in [1.54, 1.807) is 11.9 Å². The summed E-state index contributed by atoms with van der Waals surface area (Å²) in [6, 6.07) is 0. The molecule has 0 bridgehead atoms. The molecule has 0 unspecified atom stereocenters. The van der Waals surface area contributed by atoms with Crippen molar-refractivity contribution < 1.29 is 9.90 Å². The molecule has 160 valence electrons. The van der Waals surface area contributed by atoms with Gasteiger partial charge < -0.3 is 9.90 Å². The van der Waals surface area contributed by atoms with Crippen molar-refractivity contribution in [2.45, 2.75) is 130 Å². The number of hydrogen-bond donors (Lipinski definition) is 0. The molecule has 0 aliphatic rings. The van der Waals surface area contributed by atoms with Crippen LogP contribution in [0.1, 0.15) is 118 Å². The van der Waals surface area contributed by atoms with Crippen LogP contribution in [0.25, 0.3) is 0 Å². The van der Waals surface area contributed by atoms with Gasteiger partial charge in [0.25, 0.3) is 0 Å². The van der Waals surface area contributed by atoms with Gasteiger partial charge in [0, 0.05) is 5.97 Å². The molecule has 27 heavy (non-hydrogen) atoms. The first-order chi connectivity index (χ1) is 13.1. The van der Waals surface area contributed by atoms with Gasteiger partial charge in [0.1, 0.15) is 0 Å². The molecule has 0 amide bonds. The first-order valence-corrected chi connectivity index (χ1v) is 20.0. The van der Waals surface area contributed by atoms with Gasteiger partial charge in [0.15, 0.2) is 0 Å². The topological polar surface area (TPSA) is 40.1 Å². The fourth-order valence-electron chi connectivity index (χ4n) is 3.09. The number of carboxylic acid groups (broad SMARTS) is 1. The van der Waals surface area contributed by atoms with Crippen LogP contribution in [0.15, 0.2) is 12.2 Å². The van der Waals surface area contributed by atoms with Gasteiger partial charge in [-0.25, -0.2) is 0 Å². The number of aliphatic carboxylic acids is 1. The molecule has 0 aromatic rings. The Labute approximate surface area is 179 Å². The minimum absolute atomic E-state index is 0.220. The first-order valence-electron chi connectivity index (χ1n) is 11.8. The van der Waals surface area contributed by atoms with E-state index in [4.69, 9.17) is 0 Å². The molecule has 0 N–H and O–H groups in total. The predicted molar refractivity (Wildman–Crippen MR) is 122 cm³/mol. The molecule has 0 radical (unpaired) electrons. The number of allylic oxidation sites excluding steroid dienone is 2. The SMILES string of the molecule is CCCCCCCCC=CCCCCCCCC(=O)[O-].C[CH2][Pb+]([CH2]C)[CH2]C. The van der Waals surface area contributed by atoms with Gasteiger partial charge in [-0.3, -0.25) is 0 Å². The van der Waals surface area contributed by atoms with Crippen LogP contribution >= 0.6 is 0 Å². The van der Waals surface area contributed by atoms with Crippen molar-refractivity contribution in [2.75, 3.05) is 0 Å². The molecule has 3 heteroatoms. The molecular formula is C24H48O2Pb. The maximum absolute atomic E-state index is 10.2. The van der Waals surface area contributed by atoms with Crippen molar-refractivity contribution in [1.82, 2.24) is 0 Å². The molecule has 0 saturated heterocycles. The summed E-state index contributed by atoms with van der Waals surface area (Å²) in [6.07, 6.45) is 20.9. The number of carbonyl (C=O) groups excluding carboxylic acids is 1. The maximum atomic E-state index is 10.2. The van der Waals surface area contributed by atoms with E-state index in [-0.39, 0.29) is 6.42 Å². The Hall–Kier alpha value is 0.132. The molecule has 0 spiro atoms. The second kappa shape index (κ2) is 26.1. The molecule has 0 aliphatic heterocycles. The molecule has 2 nitrogen and oxygen atoms in total. The quantitative estimate of drug-likeness (QED) is 0.0976. The molecule has 0 aliphatic carbocycles. The van der Waals surface area contributed by atoms with Gasteiger partial charge >= 0.3 is 55.4 Å². The second-order valence-electron chi connectivity index (χ2n) is 7.52. The van der Waals surface area contributed by atoms with E-state index in [2.05, 4.69) is 39.8 Å². The zero-order chi connectivity index (χ0) is 20.6. The molecule has 0 heterocycles. The van der Waals surface area contributed by atoms with Crippen LogP contribution < -0.4 is 5.11 Å². The van der Waals surface area contributed by atoms with Gasteiger partial charge in [-0.05, 0) is 38.5 Å². The summed E-state index contributed by atoms with van der Waals surface area (Å²) in [4.78, 5) is 10.2. The molecular weight excluding hydrogens is 527 g/mol. The number of unbranched alkanes of at least 4 members (excludes halogenated alkanes) is 11. The zero-order valence-corrected chi connectivity index (χ0v) is 22.9. The average Bonchev–Trinajstić information content (AvgIpc) is 2.66. The van der Waals surface area contributed by atoms with Gasteiger partial charge in [-0.1, -0.05) is 70.4 Å². The van der Waals surface area contributed by atoms with Crippen molar-refractivity contribution in [3.63, 3.8) is 0 Å². The Kier molecular flexibility index (Phi) is 28.4. The summed E-state index contributed by atoms with van der Waals surface area (Å²) in [7, 11) is 0. The van der Waals surface area contributed by atoms with E-state index in [9.17, 15) is 9.90 Å². The Morgan fingerprint density at radius 1 is 0.667 bits per heavy atom. The van der Waals surface area contributed by atoms with Gasteiger partial charge in [0.05, 0.1) is 0 Å². The van der Waals surface area contributed by atoms with Crippen LogP contribution in [-0.2, 0) is 4.79 Å². The fourth-order valence-corrected chi connectivity index (χ4v) is 8.92. The molecule has 0 rings (SSSR count). The van der Waals surface area contributed by atoms with Crippen LogP contribution in [0.3, 0.4) is 0 Å². The third-order valence-corrected chi connectivity index (χ3v) is 16.8. The van der Waals surface area contributed by atoms with E-state index < -0.39 is 28.7 Å². The number of carbonyl (C=O) groups is 1. The Balaban J connectivity index is 0. The van der Waals surface area contributed by atoms with Crippen LogP contribution in [0.5, 0.6) is 0 Å². The van der Waals surface area contributed by atoms with E-state index >= 15 is 0 Å². The second-order valence-corrected chi connectivity index (χ2v) is 21.6. The molecule has 0 aromatic heterocycles. The Morgan fingerprint density at radius 2 is 1.07 bits per heavy atom. The van der Waals surface area contributed by atoms with Crippen molar-refractivity contribution in [1.29, 1.82) is 0 Å². The standard InChI is InChI=1S/C18H34O2.3C2H5.Pb/c1-2-3-4-5-6-7-8-9-10-11-12-13-14-15-16-17-18(19)20;3*1-2;/h9-10H,2-8,11-17H2,1H3,(H,19,20);3*1H2,2H3;/q;;;;+1/p-1. The zero-order valence-electron chi connectivity index (χ0n) is 19.0. The minimum atomic E-state index is -0.914. The van der Waals surface area contributed by atoms with Crippen molar-refractivity contribution in [2.24, 2.45) is 0 Å². The van der Waals surface area contributed by atoms with E-state index in [0.29, 0.717) is 0 Å². The monoisotopic (exact) mass is 576 g/mol. The number of hydrogen-bond acceptors (Lipinski definition) is 2. The first kappa shape index (κ1) is 29.3. The summed E-state index contributed by atoms with van der Waals surface area (Å²) in [6.45, 7) is 9.32. The van der Waals surface area contributed by atoms with Crippen LogP contribution in [0.2, 0.25) is 11.9 Å². The van der Waals surface area contributed by atoms with Crippen LogP contribution in [0.4, 0.5) is 0 Å². The summed E-state index contributed by atoms with van der Waals surface area (Å²) in [5, 5.41) is 10.2. The van der Waals surface area contributed by atoms with Crippen LogP contribution in [0, 0.1) is 0 Å². The Morgan fingerprint density at radius 3 is 1.44 bits per heavy atom. The number of carboxylic acids is 1. The fraction of sp³-hybridized carbons (Fsp3) is 0.875. The average molecular weight is 576 g/mol. The molecule has 0 aromatic carbocycles. The molecule has 0 atom stereocenters. The Bertz CT molecular complexity index is 306. The van der Waals surface area contributed by atoms with Crippen molar-refractivity contribution in [3.8, 4) is 0 Å². The third kappa shape index (κ3) is 28.4. The normalized spacial score (nSPS) is 10.7. The predicted octanol–water partition coefficient (Wildman–Crippen LogP) is 7.31. The van der Waals surface area contributed by atoms with Crippen molar-refractivity contribution >= 4 is 28.7 Å². The van der Waals surface area contributed by atoms with E-state index in [1.807, 2.05) is 0 Å². The molecule has 0 saturated carbocycles. The van der Waals surface area contributed by atoms with Gasteiger partial charge in [0.2, 0.25) is 0 Å². The summed E-state index contributed by atoms with van der Waals surface area (Å²) in [5.41, 5.74) is 0. The third-order valence-electron chi connectivity index (χ3n) is 5.14. The summed E-state index contributed by atoms with van der Waals surface area (Å²) in [5.74, 6) is -0.914. The molecule has 0 fully saturated rings. The summed E-state index contributed by atoms with van der Waals surface area (Å²) < 4.78 is 4.70. The van der Waals surface area contributed by atoms with E-state index in [0.717, 1.165) is 19.3 Å². The summed E-state index contributed by atoms with van der Waals surface area (Å²) >= 11 is -0.789. The van der Waals surface area contributed by atoms with Crippen molar-refractivity contribution in [3.05, 3.63) is 12.2 Å². The van der Waals surface area contributed by atoms with Gasteiger partial charge in [-0.15, -0.1) is 0 Å². The van der Waals surface area contributed by atoms with Crippen LogP contribution in [-0.4, -0.2) is 28.7 Å². The van der Waals surface area contributed by atoms with Gasteiger partial charge in [-0.2, -0.15) is 0 Å². The van der Waals surface area contributed by atoms with E-state index in [1.165, 1.54) is 64.2 Å². The number of rotatable bonds is 18.